The zero-order valence-corrected chi connectivity index (χ0v) is 32.9. The van der Waals surface area contributed by atoms with Crippen LogP contribution in [0.15, 0.2) is 0 Å². The molecule has 10 nitrogen and oxygen atoms in total. The maximum Gasteiger partial charge on any atom is 1.00 e. The molecule has 4 fully saturated rings. The molecule has 0 aromatic carbocycles. The number of carbonyl (C=O) groups is 1. The van der Waals surface area contributed by atoms with E-state index in [1.807, 2.05) is 0 Å². The molecule has 0 radical (unpaired) electrons. The molecule has 43 heavy (non-hydrogen) atoms. The van der Waals surface area contributed by atoms with Crippen molar-refractivity contribution in [1.29, 1.82) is 0 Å². The molecule has 4 aliphatic carbocycles. The van der Waals surface area contributed by atoms with E-state index in [2.05, 4.69) is 34.6 Å². The first-order valence-electron chi connectivity index (χ1n) is 15.3. The number of hydrogen-bond acceptors (Lipinski definition) is 10. The Hall–Kier alpha value is 1.21. The van der Waals surface area contributed by atoms with Crippen molar-refractivity contribution >= 4 is 26.8 Å². The minimum Gasteiger partial charge on any atom is -0.726 e. The maximum absolute atomic E-state index is 12.0. The fraction of sp³-hybridized carbons (Fsp3) is 0.966. The van der Waals surface area contributed by atoms with Gasteiger partial charge in [-0.3, -0.25) is 13.2 Å². The molecule has 238 valence electrons. The van der Waals surface area contributed by atoms with E-state index in [0.717, 1.165) is 38.5 Å². The van der Waals surface area contributed by atoms with Gasteiger partial charge in [-0.2, -0.15) is 0 Å². The summed E-state index contributed by atoms with van der Waals surface area (Å²) in [6, 6.07) is 0. The van der Waals surface area contributed by atoms with E-state index in [1.165, 1.54) is 6.92 Å². The molecule has 0 spiro atoms. The molecule has 0 saturated heterocycles. The van der Waals surface area contributed by atoms with Crippen LogP contribution < -0.4 is 59.1 Å². The normalized spacial score (nSPS) is 38.9. The van der Waals surface area contributed by atoms with Crippen LogP contribution >= 0.6 is 0 Å². The van der Waals surface area contributed by atoms with Crippen LogP contribution in [0.2, 0.25) is 0 Å². The predicted molar refractivity (Wildman–Crippen MR) is 149 cm³/mol. The summed E-state index contributed by atoms with van der Waals surface area (Å²) in [5, 5.41) is 0. The number of carbonyl (C=O) groups excluding carboxylic acids is 1. The number of ether oxygens (including phenoxy) is 1. The van der Waals surface area contributed by atoms with E-state index in [-0.39, 0.29) is 106 Å². The first-order valence-corrected chi connectivity index (χ1v) is 18.0. The molecule has 0 aromatic heterocycles. The van der Waals surface area contributed by atoms with Gasteiger partial charge in [0, 0.05) is 6.92 Å². The summed E-state index contributed by atoms with van der Waals surface area (Å²) >= 11 is 0. The van der Waals surface area contributed by atoms with Gasteiger partial charge in [0.05, 0.1) is 12.2 Å². The molecule has 11 atom stereocenters. The van der Waals surface area contributed by atoms with E-state index >= 15 is 0 Å². The second-order valence-corrected chi connectivity index (χ2v) is 16.4. The monoisotopic (exact) mass is 666 g/mol. The zero-order chi connectivity index (χ0) is 30.5. The molecular weight excluding hydrogens is 618 g/mol. The molecule has 4 rings (SSSR count). The summed E-state index contributed by atoms with van der Waals surface area (Å²) in [6.45, 7) is 12.5. The van der Waals surface area contributed by atoms with Crippen molar-refractivity contribution in [3.8, 4) is 0 Å². The topological polar surface area (TPSA) is 159 Å². The van der Waals surface area contributed by atoms with Gasteiger partial charge >= 0.3 is 65.1 Å². The van der Waals surface area contributed by atoms with E-state index in [9.17, 15) is 30.7 Å². The van der Waals surface area contributed by atoms with Gasteiger partial charge in [-0.1, -0.05) is 34.6 Å². The van der Waals surface area contributed by atoms with Gasteiger partial charge in [0.1, 0.15) is 6.10 Å². The molecule has 4 saturated carbocycles. The second-order valence-electron chi connectivity index (χ2n) is 14.4. The van der Waals surface area contributed by atoms with Crippen molar-refractivity contribution < 1.29 is 103 Å². The van der Waals surface area contributed by atoms with Gasteiger partial charge in [0.25, 0.3) is 0 Å². The molecule has 0 N–H and O–H groups in total. The fourth-order valence-corrected chi connectivity index (χ4v) is 11.1. The Morgan fingerprint density at radius 2 is 1.40 bits per heavy atom. The van der Waals surface area contributed by atoms with Gasteiger partial charge in [0.2, 0.25) is 20.8 Å². The smallest absolute Gasteiger partial charge is 0.726 e. The van der Waals surface area contributed by atoms with Crippen molar-refractivity contribution in [1.82, 2.24) is 0 Å². The molecule has 0 aliphatic heterocycles. The van der Waals surface area contributed by atoms with E-state index < -0.39 is 38.9 Å². The Morgan fingerprint density at radius 3 is 1.95 bits per heavy atom. The number of esters is 1. The van der Waals surface area contributed by atoms with Crippen molar-refractivity contribution in [2.24, 2.45) is 52.3 Å². The molecule has 4 unspecified atom stereocenters. The first kappa shape index (κ1) is 40.4. The predicted octanol–water partition coefficient (Wildman–Crippen LogP) is -1.04. The maximum atomic E-state index is 12.0. The molecule has 0 aromatic rings. The zero-order valence-electron chi connectivity index (χ0n) is 27.2. The van der Waals surface area contributed by atoms with Crippen LogP contribution in [0.25, 0.3) is 0 Å². The van der Waals surface area contributed by atoms with Gasteiger partial charge in [-0.05, 0) is 116 Å². The molecule has 0 heterocycles. The van der Waals surface area contributed by atoms with Gasteiger partial charge in [0.15, 0.2) is 0 Å². The van der Waals surface area contributed by atoms with Crippen LogP contribution in [0.5, 0.6) is 0 Å². The second kappa shape index (κ2) is 15.2. The van der Waals surface area contributed by atoms with Crippen molar-refractivity contribution in [2.45, 2.75) is 124 Å². The number of hydrogen-bond donors (Lipinski definition) is 0. The van der Waals surface area contributed by atoms with Crippen LogP contribution in [-0.4, -0.2) is 50.2 Å². The summed E-state index contributed by atoms with van der Waals surface area (Å²) in [5.41, 5.74) is -0.412. The molecule has 4 aliphatic rings. The minimum absolute atomic E-state index is 0. The van der Waals surface area contributed by atoms with Gasteiger partial charge < -0.3 is 13.8 Å². The van der Waals surface area contributed by atoms with Gasteiger partial charge in [-0.15, -0.1) is 0 Å². The summed E-state index contributed by atoms with van der Waals surface area (Å²) in [4.78, 5) is 12.0. The molecule has 14 heteroatoms. The van der Waals surface area contributed by atoms with E-state index in [1.54, 1.807) is 0 Å². The van der Waals surface area contributed by atoms with Crippen LogP contribution in [-0.2, 0) is 38.7 Å². The Morgan fingerprint density at radius 1 is 0.814 bits per heavy atom. The fourth-order valence-electron chi connectivity index (χ4n) is 10.0. The third-order valence-electron chi connectivity index (χ3n) is 11.7. The summed E-state index contributed by atoms with van der Waals surface area (Å²) in [5.74, 6) is 1.02. The standard InChI is InChI=1S/C29H50O10S2.2Na/c1-17(2)7-10-26(37-19(4)30)18(3)22-8-9-23-21-16-27(39-41(34,35)36)25-15-20(38-40(31,32)33)11-13-29(25,6)24(21)12-14-28(22,23)5;;/h17-18,20-27H,7-16H2,1-6H3,(H,31,32,33)(H,34,35,36);;/q;2*+1/p-2/t18-,20-,21?,22+,23?,24?,25?,26+,27-,28+,29+;;/m0../s1. The van der Waals surface area contributed by atoms with Crippen molar-refractivity contribution in [2.75, 3.05) is 0 Å². The minimum atomic E-state index is -5.01. The quantitative estimate of drug-likeness (QED) is 0.122. The summed E-state index contributed by atoms with van der Waals surface area (Å²) in [6.07, 6.45) is 5.25. The van der Waals surface area contributed by atoms with Crippen LogP contribution in [0.1, 0.15) is 106 Å². The van der Waals surface area contributed by atoms with Crippen LogP contribution in [0, 0.1) is 52.3 Å². The largest absolute Gasteiger partial charge is 1.00 e. The third kappa shape index (κ3) is 9.22. The van der Waals surface area contributed by atoms with E-state index in [0.29, 0.717) is 37.0 Å². The van der Waals surface area contributed by atoms with Crippen molar-refractivity contribution in [3.63, 3.8) is 0 Å². The number of fused-ring (bicyclic) bond motifs is 5. The Kier molecular flexibility index (Phi) is 14.3. The number of rotatable bonds is 10. The summed E-state index contributed by atoms with van der Waals surface area (Å²) < 4.78 is 85.4. The first-order chi connectivity index (χ1) is 18.8. The van der Waals surface area contributed by atoms with E-state index in [4.69, 9.17) is 13.1 Å². The Labute approximate surface area is 303 Å². The molecular formula is C29H48Na2O10S2. The average Bonchev–Trinajstić information content (AvgIpc) is 3.17. The molecule has 0 amide bonds. The Balaban J connectivity index is 0.00000323. The van der Waals surface area contributed by atoms with Gasteiger partial charge in [-0.25, -0.2) is 16.8 Å². The summed E-state index contributed by atoms with van der Waals surface area (Å²) in [7, 11) is -9.93. The molecule has 0 bridgehead atoms. The van der Waals surface area contributed by atoms with Crippen molar-refractivity contribution in [3.05, 3.63) is 0 Å². The third-order valence-corrected chi connectivity index (χ3v) is 12.7. The Bertz CT molecular complexity index is 1180. The van der Waals surface area contributed by atoms with Crippen LogP contribution in [0.4, 0.5) is 0 Å². The average molecular weight is 667 g/mol. The van der Waals surface area contributed by atoms with Crippen LogP contribution in [0.3, 0.4) is 0 Å². The SMILES string of the molecule is CC(=O)O[C@H](CCC(C)C)[C@@H](C)[C@H]1CCC2C3C[C@H](OS(=O)(=O)[O-])C4C[C@@H](OS(=O)(=O)[O-])CC[C@]4(C)C3CC[C@@]21C.[Na+].[Na+].